The lowest BCUT2D eigenvalue weighted by Gasteiger charge is -2.18. The Hall–Kier alpha value is -5.20. The van der Waals surface area contributed by atoms with Crippen molar-refractivity contribution in [3.05, 3.63) is 159 Å². The summed E-state index contributed by atoms with van der Waals surface area (Å²) in [7, 11) is 0. The van der Waals surface area contributed by atoms with E-state index in [1.807, 2.05) is 54.6 Å². The number of para-hydroxylation sites is 3. The quantitative estimate of drug-likeness (QED) is 0.107. The predicted octanol–water partition coefficient (Wildman–Crippen LogP) is 8.92. The van der Waals surface area contributed by atoms with E-state index < -0.39 is 0 Å². The first-order valence-corrected chi connectivity index (χ1v) is 14.6. The second-order valence-electron chi connectivity index (χ2n) is 10.9. The van der Waals surface area contributed by atoms with Crippen LogP contribution in [0.25, 0.3) is 0 Å². The summed E-state index contributed by atoms with van der Waals surface area (Å²) in [6, 6.07) is 27.1. The molecule has 0 atom stereocenters. The van der Waals surface area contributed by atoms with Crippen molar-refractivity contribution in [1.82, 2.24) is 0 Å². The molecule has 0 saturated carbocycles. The number of azo groups is 1. The van der Waals surface area contributed by atoms with Gasteiger partial charge in [0.25, 0.3) is 0 Å². The molecular weight excluding hydrogens is 572 g/mol. The summed E-state index contributed by atoms with van der Waals surface area (Å²) in [6.07, 6.45) is 2.32. The number of hydrogen-bond donors (Lipinski definition) is 3. The van der Waals surface area contributed by atoms with Crippen LogP contribution in [-0.2, 0) is 25.7 Å². The third-order valence-corrected chi connectivity index (χ3v) is 8.21. The van der Waals surface area contributed by atoms with E-state index in [-0.39, 0.29) is 35.9 Å². The number of phenolic OH excluding ortho intramolecular Hbond substituents is 3. The van der Waals surface area contributed by atoms with E-state index in [0.29, 0.717) is 79.3 Å². The van der Waals surface area contributed by atoms with Gasteiger partial charge in [0, 0.05) is 36.3 Å². The minimum Gasteiger partial charge on any atom is -0.507 e. The van der Waals surface area contributed by atoms with Gasteiger partial charge in [0.15, 0.2) is 5.78 Å². The van der Waals surface area contributed by atoms with Gasteiger partial charge < -0.3 is 15.3 Å². The topological polar surface area (TPSA) is 102 Å². The highest BCUT2D eigenvalue weighted by Crippen LogP contribution is 2.37. The van der Waals surface area contributed by atoms with Crippen LogP contribution in [0.1, 0.15) is 54.9 Å². The average molecular weight is 601 g/mol. The number of ketones is 1. The van der Waals surface area contributed by atoms with Crippen LogP contribution < -0.4 is 0 Å². The minimum absolute atomic E-state index is 0.0963. The Morgan fingerprint density at radius 3 is 1.34 bits per heavy atom. The Kier molecular flexibility index (Phi) is 8.01. The molecule has 7 heteroatoms. The SMILES string of the molecule is C=CC(=O)c1c2cc(N=Nc3ccc(Cl)cc3)cc1Cc1cccc(c1O)Cc1cccc(c1O)Cc1cccc(c1O)C2. The zero-order chi connectivity index (χ0) is 30.8. The van der Waals surface area contributed by atoms with Crippen LogP contribution in [0.15, 0.2) is 114 Å². The summed E-state index contributed by atoms with van der Waals surface area (Å²) >= 11 is 6.03. The first-order chi connectivity index (χ1) is 21.3. The molecule has 218 valence electrons. The maximum atomic E-state index is 13.4. The highest BCUT2D eigenvalue weighted by atomic mass is 35.5. The molecular formula is C37H29ClN2O4. The Labute approximate surface area is 260 Å². The molecule has 1 aliphatic carbocycles. The number of carbonyl (C=O) groups excluding carboxylic acids is 1. The van der Waals surface area contributed by atoms with Crippen molar-refractivity contribution < 1.29 is 20.1 Å². The van der Waals surface area contributed by atoms with Crippen LogP contribution in [0.4, 0.5) is 11.4 Å². The second-order valence-corrected chi connectivity index (χ2v) is 11.3. The zero-order valence-corrected chi connectivity index (χ0v) is 24.6. The number of phenols is 3. The summed E-state index contributed by atoms with van der Waals surface area (Å²) in [4.78, 5) is 13.4. The summed E-state index contributed by atoms with van der Waals surface area (Å²) in [5.41, 5.74) is 6.67. The Morgan fingerprint density at radius 2 is 0.955 bits per heavy atom. The molecule has 5 aromatic rings. The molecule has 0 fully saturated rings. The van der Waals surface area contributed by atoms with Gasteiger partial charge in [-0.05, 0) is 87.0 Å². The molecule has 5 aromatic carbocycles. The van der Waals surface area contributed by atoms with E-state index in [1.54, 1.807) is 36.4 Å². The van der Waals surface area contributed by atoms with Crippen molar-refractivity contribution in [3.8, 4) is 17.2 Å². The number of allylic oxidation sites excluding steroid dienone is 1. The molecule has 0 aliphatic heterocycles. The van der Waals surface area contributed by atoms with Crippen LogP contribution in [0.5, 0.6) is 17.2 Å². The maximum absolute atomic E-state index is 13.4. The molecule has 6 nitrogen and oxygen atoms in total. The molecule has 44 heavy (non-hydrogen) atoms. The lowest BCUT2D eigenvalue weighted by molar-refractivity contribution is 0.104. The second kappa shape index (κ2) is 12.2. The number of nitrogens with zero attached hydrogens (tertiary/aromatic N) is 2. The van der Waals surface area contributed by atoms with Crippen LogP contribution in [-0.4, -0.2) is 21.1 Å². The van der Waals surface area contributed by atoms with Gasteiger partial charge in [0.05, 0.1) is 11.4 Å². The van der Waals surface area contributed by atoms with Crippen LogP contribution in [0.3, 0.4) is 0 Å². The van der Waals surface area contributed by atoms with Gasteiger partial charge in [0.1, 0.15) is 17.2 Å². The number of aromatic hydroxyl groups is 3. The number of rotatable bonds is 4. The first-order valence-electron chi connectivity index (χ1n) is 14.2. The van der Waals surface area contributed by atoms with Crippen molar-refractivity contribution in [1.29, 1.82) is 0 Å². The van der Waals surface area contributed by atoms with Crippen molar-refractivity contribution >= 4 is 28.8 Å². The molecule has 0 amide bonds. The maximum Gasteiger partial charge on any atom is 0.185 e. The fourth-order valence-electron chi connectivity index (χ4n) is 5.74. The molecule has 0 spiro atoms. The molecule has 6 rings (SSSR count). The monoisotopic (exact) mass is 600 g/mol. The summed E-state index contributed by atoms with van der Waals surface area (Å²) in [5.74, 6) is 0.0514. The van der Waals surface area contributed by atoms with Crippen molar-refractivity contribution in [2.45, 2.75) is 25.7 Å². The molecule has 0 heterocycles. The van der Waals surface area contributed by atoms with Crippen molar-refractivity contribution in [2.75, 3.05) is 0 Å². The molecule has 8 bridgehead atoms. The highest BCUT2D eigenvalue weighted by Gasteiger charge is 2.21. The summed E-state index contributed by atoms with van der Waals surface area (Å²) in [5, 5.41) is 43.5. The van der Waals surface area contributed by atoms with Gasteiger partial charge in [-0.25, -0.2) is 0 Å². The average Bonchev–Trinajstić information content (AvgIpc) is 3.02. The standard InChI is InChI=1S/C37H29ClN2O4/c1-2-33(41)34-28-18-26-10-4-8-24(36(26)43)16-22-6-3-7-23(35(22)42)17-25-9-5-11-27(37(25)44)19-29(34)21-32(20-28)40-39-31-14-12-30(38)13-15-31/h2-15,20-21,42-44H,1,16-19H2. The van der Waals surface area contributed by atoms with E-state index in [1.165, 1.54) is 6.08 Å². The van der Waals surface area contributed by atoms with Gasteiger partial charge in [-0.1, -0.05) is 72.8 Å². The zero-order valence-electron chi connectivity index (χ0n) is 23.8. The predicted molar refractivity (Wildman–Crippen MR) is 172 cm³/mol. The molecule has 0 radical (unpaired) electrons. The third kappa shape index (κ3) is 5.85. The van der Waals surface area contributed by atoms with Crippen molar-refractivity contribution in [2.24, 2.45) is 10.2 Å². The van der Waals surface area contributed by atoms with Gasteiger partial charge in [-0.3, -0.25) is 4.79 Å². The van der Waals surface area contributed by atoms with E-state index >= 15 is 0 Å². The highest BCUT2D eigenvalue weighted by molar-refractivity contribution is 6.30. The first kappa shape index (κ1) is 28.9. The molecule has 0 aromatic heterocycles. The van der Waals surface area contributed by atoms with Crippen LogP contribution >= 0.6 is 11.6 Å². The Balaban J connectivity index is 1.57. The van der Waals surface area contributed by atoms with E-state index in [9.17, 15) is 20.1 Å². The van der Waals surface area contributed by atoms with Gasteiger partial charge >= 0.3 is 0 Å². The van der Waals surface area contributed by atoms with Crippen LogP contribution in [0.2, 0.25) is 5.02 Å². The van der Waals surface area contributed by atoms with E-state index in [4.69, 9.17) is 11.6 Å². The van der Waals surface area contributed by atoms with Gasteiger partial charge in [-0.2, -0.15) is 10.2 Å². The molecule has 0 unspecified atom stereocenters. The molecule has 1 aliphatic rings. The minimum atomic E-state index is -0.275. The van der Waals surface area contributed by atoms with E-state index in [0.717, 1.165) is 0 Å². The number of carbonyl (C=O) groups is 1. The van der Waals surface area contributed by atoms with E-state index in [2.05, 4.69) is 16.8 Å². The molecule has 3 N–H and O–H groups in total. The summed E-state index contributed by atoms with van der Waals surface area (Å²) in [6.45, 7) is 3.74. The van der Waals surface area contributed by atoms with Crippen LogP contribution in [0, 0.1) is 0 Å². The number of fused-ring (bicyclic) bond motifs is 8. The molecule has 0 saturated heterocycles. The Bertz CT molecular complexity index is 1850. The summed E-state index contributed by atoms with van der Waals surface area (Å²) < 4.78 is 0. The Morgan fingerprint density at radius 1 is 0.591 bits per heavy atom. The van der Waals surface area contributed by atoms with Crippen molar-refractivity contribution in [3.63, 3.8) is 0 Å². The number of halogens is 1. The normalized spacial score (nSPS) is 12.7. The largest absolute Gasteiger partial charge is 0.507 e. The van der Waals surface area contributed by atoms with Gasteiger partial charge in [-0.15, -0.1) is 0 Å². The third-order valence-electron chi connectivity index (χ3n) is 7.96. The van der Waals surface area contributed by atoms with Gasteiger partial charge in [0.2, 0.25) is 0 Å². The fraction of sp³-hybridized carbons (Fsp3) is 0.108. The number of benzene rings is 5. The number of hydrogen-bond acceptors (Lipinski definition) is 6. The lowest BCUT2D eigenvalue weighted by Crippen LogP contribution is -2.08. The smallest absolute Gasteiger partial charge is 0.185 e. The fourth-order valence-corrected chi connectivity index (χ4v) is 5.86. The lowest BCUT2D eigenvalue weighted by atomic mass is 9.87.